The van der Waals surface area contributed by atoms with Gasteiger partial charge in [0.25, 0.3) is 5.91 Å². The summed E-state index contributed by atoms with van der Waals surface area (Å²) in [6, 6.07) is 15.5. The van der Waals surface area contributed by atoms with Gasteiger partial charge in [-0.05, 0) is 24.6 Å². The maximum atomic E-state index is 13.1. The van der Waals surface area contributed by atoms with Crippen LogP contribution in [-0.2, 0) is 6.18 Å². The predicted molar refractivity (Wildman–Crippen MR) is 99.1 cm³/mol. The zero-order chi connectivity index (χ0) is 20.1. The third-order valence-corrected chi connectivity index (χ3v) is 4.04. The summed E-state index contributed by atoms with van der Waals surface area (Å²) < 4.78 is 39.4. The van der Waals surface area contributed by atoms with Crippen LogP contribution in [0.3, 0.4) is 0 Å². The van der Waals surface area contributed by atoms with Crippen LogP contribution in [0.5, 0.6) is 0 Å². The van der Waals surface area contributed by atoms with Crippen LogP contribution in [0.25, 0.3) is 0 Å². The average molecular weight is 386 g/mol. The molecule has 1 unspecified atom stereocenters. The summed E-state index contributed by atoms with van der Waals surface area (Å²) >= 11 is 0. The number of para-hydroxylation sites is 1. The molecule has 0 radical (unpaired) electrons. The fraction of sp³-hybridized carbons (Fsp3) is 0.150. The highest BCUT2D eigenvalue weighted by Crippen LogP contribution is 2.35. The molecule has 1 aromatic heterocycles. The van der Waals surface area contributed by atoms with Crippen molar-refractivity contribution < 1.29 is 18.0 Å². The molecule has 1 atom stereocenters. The Morgan fingerprint density at radius 3 is 2.39 bits per heavy atom. The van der Waals surface area contributed by atoms with Gasteiger partial charge in [0.05, 0.1) is 17.3 Å². The molecule has 0 aliphatic carbocycles. The number of anilines is 2. The van der Waals surface area contributed by atoms with Gasteiger partial charge in [-0.1, -0.05) is 42.5 Å². The van der Waals surface area contributed by atoms with Crippen molar-refractivity contribution in [3.63, 3.8) is 0 Å². The van der Waals surface area contributed by atoms with Gasteiger partial charge in [-0.2, -0.15) is 13.2 Å². The van der Waals surface area contributed by atoms with Gasteiger partial charge in [0.2, 0.25) is 0 Å². The molecule has 28 heavy (non-hydrogen) atoms. The van der Waals surface area contributed by atoms with E-state index >= 15 is 0 Å². The molecule has 1 heterocycles. The molecule has 144 valence electrons. The fourth-order valence-corrected chi connectivity index (χ4v) is 2.62. The van der Waals surface area contributed by atoms with E-state index in [0.29, 0.717) is 0 Å². The fourth-order valence-electron chi connectivity index (χ4n) is 2.62. The lowest BCUT2D eigenvalue weighted by molar-refractivity contribution is -0.136. The number of hydrogen-bond acceptors (Lipinski definition) is 4. The minimum Gasteiger partial charge on any atom is -0.344 e. The highest BCUT2D eigenvalue weighted by Gasteiger charge is 2.33. The van der Waals surface area contributed by atoms with E-state index in [1.165, 1.54) is 24.3 Å². The van der Waals surface area contributed by atoms with Gasteiger partial charge in [0, 0.05) is 6.07 Å². The maximum Gasteiger partial charge on any atom is 0.418 e. The van der Waals surface area contributed by atoms with Crippen molar-refractivity contribution in [2.75, 3.05) is 5.32 Å². The summed E-state index contributed by atoms with van der Waals surface area (Å²) in [7, 11) is 0. The van der Waals surface area contributed by atoms with Gasteiger partial charge < -0.3 is 10.6 Å². The topological polar surface area (TPSA) is 66.9 Å². The number of hydrogen-bond donors (Lipinski definition) is 2. The minimum absolute atomic E-state index is 0.0461. The number of benzene rings is 2. The second-order valence-corrected chi connectivity index (χ2v) is 6.06. The minimum atomic E-state index is -4.51. The van der Waals surface area contributed by atoms with Crippen LogP contribution < -0.4 is 10.6 Å². The Morgan fingerprint density at radius 1 is 1.00 bits per heavy atom. The summed E-state index contributed by atoms with van der Waals surface area (Å²) in [6.07, 6.45) is -3.39. The Labute approximate surface area is 159 Å². The van der Waals surface area contributed by atoms with E-state index in [0.717, 1.165) is 18.0 Å². The summed E-state index contributed by atoms with van der Waals surface area (Å²) in [5.41, 5.74) is -0.0119. The first-order valence-corrected chi connectivity index (χ1v) is 8.45. The molecule has 0 aliphatic heterocycles. The molecule has 0 spiro atoms. The van der Waals surface area contributed by atoms with E-state index in [9.17, 15) is 18.0 Å². The van der Waals surface area contributed by atoms with Crippen LogP contribution in [0.1, 0.15) is 34.6 Å². The lowest BCUT2D eigenvalue weighted by Crippen LogP contribution is -2.27. The van der Waals surface area contributed by atoms with Crippen molar-refractivity contribution in [2.24, 2.45) is 0 Å². The standard InChI is InChI=1S/C20H17F3N4O/c1-13(14-7-3-2-4-8-14)26-19(28)17-11-18(25-12-24-17)27-16-10-6-5-9-15(16)20(21,22)23/h2-13H,1H3,(H,26,28)(H,24,25,27). The summed E-state index contributed by atoms with van der Waals surface area (Å²) in [4.78, 5) is 20.3. The number of alkyl halides is 3. The smallest absolute Gasteiger partial charge is 0.344 e. The lowest BCUT2D eigenvalue weighted by atomic mass is 10.1. The molecule has 1 amide bonds. The zero-order valence-electron chi connectivity index (χ0n) is 14.9. The van der Waals surface area contributed by atoms with Gasteiger partial charge in [-0.25, -0.2) is 9.97 Å². The Morgan fingerprint density at radius 2 is 1.68 bits per heavy atom. The summed E-state index contributed by atoms with van der Waals surface area (Å²) in [5.74, 6) is -0.366. The van der Waals surface area contributed by atoms with E-state index in [1.54, 1.807) is 0 Å². The van der Waals surface area contributed by atoms with E-state index in [4.69, 9.17) is 0 Å². The van der Waals surface area contributed by atoms with Crippen LogP contribution in [-0.4, -0.2) is 15.9 Å². The number of halogens is 3. The molecule has 0 saturated heterocycles. The van der Waals surface area contributed by atoms with Crippen LogP contribution >= 0.6 is 0 Å². The molecule has 3 aromatic rings. The second kappa shape index (κ2) is 8.08. The third-order valence-electron chi connectivity index (χ3n) is 4.04. The average Bonchev–Trinajstić information content (AvgIpc) is 2.68. The van der Waals surface area contributed by atoms with Crippen molar-refractivity contribution in [3.8, 4) is 0 Å². The molecule has 0 bridgehead atoms. The largest absolute Gasteiger partial charge is 0.418 e. The molecule has 8 heteroatoms. The summed E-state index contributed by atoms with van der Waals surface area (Å²) in [5, 5.41) is 5.41. The Kier molecular flexibility index (Phi) is 5.58. The van der Waals surface area contributed by atoms with Gasteiger partial charge >= 0.3 is 6.18 Å². The first-order valence-electron chi connectivity index (χ1n) is 8.45. The number of amides is 1. The van der Waals surface area contributed by atoms with Crippen LogP contribution in [0.2, 0.25) is 0 Å². The molecule has 0 fully saturated rings. The molecule has 2 aromatic carbocycles. The van der Waals surface area contributed by atoms with Crippen molar-refractivity contribution in [2.45, 2.75) is 19.1 Å². The van der Waals surface area contributed by atoms with E-state index in [-0.39, 0.29) is 23.2 Å². The first-order chi connectivity index (χ1) is 13.3. The number of carbonyl (C=O) groups is 1. The molecule has 0 saturated carbocycles. The number of nitrogens with one attached hydrogen (secondary N) is 2. The molecular formula is C20H17F3N4O. The van der Waals surface area contributed by atoms with Crippen molar-refractivity contribution in [1.82, 2.24) is 15.3 Å². The van der Waals surface area contributed by atoms with Gasteiger partial charge in [0.1, 0.15) is 17.8 Å². The van der Waals surface area contributed by atoms with Crippen molar-refractivity contribution in [1.29, 1.82) is 0 Å². The van der Waals surface area contributed by atoms with Gasteiger partial charge in [-0.3, -0.25) is 4.79 Å². The monoisotopic (exact) mass is 386 g/mol. The highest BCUT2D eigenvalue weighted by atomic mass is 19.4. The third kappa shape index (κ3) is 4.64. The Bertz CT molecular complexity index is 961. The van der Waals surface area contributed by atoms with Crippen LogP contribution in [0, 0.1) is 0 Å². The molecule has 0 aliphatic rings. The molecule has 2 N–H and O–H groups in total. The molecular weight excluding hydrogens is 369 g/mol. The molecule has 3 rings (SSSR count). The Balaban J connectivity index is 1.77. The van der Waals surface area contributed by atoms with Crippen LogP contribution in [0.15, 0.2) is 67.0 Å². The highest BCUT2D eigenvalue weighted by molar-refractivity contribution is 5.93. The van der Waals surface area contributed by atoms with E-state index in [2.05, 4.69) is 20.6 Å². The molecule has 5 nitrogen and oxygen atoms in total. The van der Waals surface area contributed by atoms with Gasteiger partial charge in [-0.15, -0.1) is 0 Å². The predicted octanol–water partition coefficient (Wildman–Crippen LogP) is 4.73. The first kappa shape index (κ1) is 19.3. The number of nitrogens with zero attached hydrogens (tertiary/aromatic N) is 2. The number of rotatable bonds is 5. The van der Waals surface area contributed by atoms with Crippen molar-refractivity contribution in [3.05, 3.63) is 83.8 Å². The quantitative estimate of drug-likeness (QED) is 0.665. The normalized spacial score (nSPS) is 12.3. The van der Waals surface area contributed by atoms with Crippen LogP contribution in [0.4, 0.5) is 24.7 Å². The lowest BCUT2D eigenvalue weighted by Gasteiger charge is -2.15. The second-order valence-electron chi connectivity index (χ2n) is 6.06. The SMILES string of the molecule is CC(NC(=O)c1cc(Nc2ccccc2C(F)(F)F)ncn1)c1ccccc1. The van der Waals surface area contributed by atoms with E-state index < -0.39 is 17.6 Å². The number of carbonyl (C=O) groups excluding carboxylic acids is 1. The zero-order valence-corrected chi connectivity index (χ0v) is 14.9. The Hall–Kier alpha value is -3.42. The van der Waals surface area contributed by atoms with Gasteiger partial charge in [0.15, 0.2) is 0 Å². The summed E-state index contributed by atoms with van der Waals surface area (Å²) in [6.45, 7) is 1.83. The van der Waals surface area contributed by atoms with Crippen molar-refractivity contribution >= 4 is 17.4 Å². The van der Waals surface area contributed by atoms with E-state index in [1.807, 2.05) is 37.3 Å². The maximum absolute atomic E-state index is 13.1. The number of aromatic nitrogens is 2.